The molecule has 0 radical (unpaired) electrons. The van der Waals surface area contributed by atoms with Crippen molar-refractivity contribution in [3.8, 4) is 0 Å². The van der Waals surface area contributed by atoms with Gasteiger partial charge < -0.3 is 10.0 Å². The van der Waals surface area contributed by atoms with Crippen LogP contribution in [0.1, 0.15) is 5.56 Å². The van der Waals surface area contributed by atoms with Crippen LogP contribution >= 0.6 is 11.3 Å². The summed E-state index contributed by atoms with van der Waals surface area (Å²) in [5, 5.41) is 9.83. The van der Waals surface area contributed by atoms with E-state index >= 15 is 0 Å². The van der Waals surface area contributed by atoms with E-state index < -0.39 is 0 Å². The fourth-order valence-electron chi connectivity index (χ4n) is 1.94. The van der Waals surface area contributed by atoms with Gasteiger partial charge in [-0.1, -0.05) is 35.6 Å². The second-order valence-corrected chi connectivity index (χ2v) is 5.66. The quantitative estimate of drug-likeness (QED) is 0.593. The molecule has 0 bridgehead atoms. The van der Waals surface area contributed by atoms with Crippen molar-refractivity contribution in [2.75, 3.05) is 18.7 Å². The molecular formula is C16H15N3OS. The Balaban J connectivity index is 1.79. The first-order valence-electron chi connectivity index (χ1n) is 6.58. The van der Waals surface area contributed by atoms with Crippen LogP contribution in [0.5, 0.6) is 0 Å². The third-order valence-electron chi connectivity index (χ3n) is 3.15. The van der Waals surface area contributed by atoms with Gasteiger partial charge in [0, 0.05) is 18.9 Å². The van der Waals surface area contributed by atoms with Gasteiger partial charge in [0.25, 0.3) is 0 Å². The Kier molecular flexibility index (Phi) is 3.94. The molecule has 0 spiro atoms. The van der Waals surface area contributed by atoms with E-state index in [1.54, 1.807) is 22.5 Å². The molecule has 0 saturated carbocycles. The zero-order valence-electron chi connectivity index (χ0n) is 11.6. The molecular weight excluding hydrogens is 282 g/mol. The summed E-state index contributed by atoms with van der Waals surface area (Å²) in [6, 6.07) is 15.9. The van der Waals surface area contributed by atoms with Crippen LogP contribution in [0, 0.1) is 0 Å². The Morgan fingerprint density at radius 3 is 2.67 bits per heavy atom. The maximum absolute atomic E-state index is 9.07. The van der Waals surface area contributed by atoms with Crippen LogP contribution in [0.15, 0.2) is 53.5 Å². The molecule has 3 rings (SSSR count). The van der Waals surface area contributed by atoms with Crippen molar-refractivity contribution in [1.29, 1.82) is 0 Å². The van der Waals surface area contributed by atoms with Gasteiger partial charge in [0.15, 0.2) is 0 Å². The van der Waals surface area contributed by atoms with Crippen LogP contribution < -0.4 is 4.90 Å². The maximum Gasteiger partial charge on any atom is 0.210 e. The first-order chi connectivity index (χ1) is 10.3. The standard InChI is InChI=1S/C16H15N3OS/c1-19(11-20)13-8-6-12(7-9-13)10-17-16-18-14-4-2-3-5-15(14)21-16/h2-10,20H,11H2,1H3. The number of nitrogens with zero attached hydrogens (tertiary/aromatic N) is 3. The number of aliphatic hydroxyl groups excluding tert-OH is 1. The van der Waals surface area contributed by atoms with Crippen molar-refractivity contribution in [1.82, 2.24) is 4.98 Å². The van der Waals surface area contributed by atoms with E-state index in [1.807, 2.05) is 55.6 Å². The average Bonchev–Trinajstić information content (AvgIpc) is 2.95. The van der Waals surface area contributed by atoms with Gasteiger partial charge in [-0.05, 0) is 29.8 Å². The van der Waals surface area contributed by atoms with E-state index in [4.69, 9.17) is 5.11 Å². The molecule has 0 unspecified atom stereocenters. The highest BCUT2D eigenvalue weighted by Crippen LogP contribution is 2.27. The molecule has 5 heteroatoms. The second-order valence-electron chi connectivity index (χ2n) is 4.65. The number of aromatic nitrogens is 1. The van der Waals surface area contributed by atoms with E-state index in [1.165, 1.54) is 0 Å². The van der Waals surface area contributed by atoms with Crippen molar-refractivity contribution < 1.29 is 5.11 Å². The zero-order valence-corrected chi connectivity index (χ0v) is 12.4. The minimum atomic E-state index is -0.000853. The predicted molar refractivity (Wildman–Crippen MR) is 88.8 cm³/mol. The Hall–Kier alpha value is -2.24. The average molecular weight is 297 g/mol. The van der Waals surface area contributed by atoms with Crippen LogP contribution in [0.3, 0.4) is 0 Å². The van der Waals surface area contributed by atoms with Crippen molar-refractivity contribution in [3.63, 3.8) is 0 Å². The van der Waals surface area contributed by atoms with Crippen molar-refractivity contribution in [3.05, 3.63) is 54.1 Å². The number of benzene rings is 2. The second kappa shape index (κ2) is 6.03. The Morgan fingerprint density at radius 1 is 1.19 bits per heavy atom. The molecule has 0 atom stereocenters. The van der Waals surface area contributed by atoms with Crippen LogP contribution in [0.2, 0.25) is 0 Å². The first kappa shape index (κ1) is 13.7. The number of hydrogen-bond acceptors (Lipinski definition) is 5. The lowest BCUT2D eigenvalue weighted by Gasteiger charge is -2.15. The van der Waals surface area contributed by atoms with Gasteiger partial charge in [-0.2, -0.15) is 0 Å². The molecule has 1 N–H and O–H groups in total. The number of hydrogen-bond donors (Lipinski definition) is 1. The molecule has 0 saturated heterocycles. The molecule has 1 heterocycles. The molecule has 1 aromatic heterocycles. The lowest BCUT2D eigenvalue weighted by atomic mass is 10.2. The van der Waals surface area contributed by atoms with Crippen LogP contribution in [0.25, 0.3) is 10.2 Å². The Morgan fingerprint density at radius 2 is 1.95 bits per heavy atom. The van der Waals surface area contributed by atoms with Gasteiger partial charge >= 0.3 is 0 Å². The monoisotopic (exact) mass is 297 g/mol. The lowest BCUT2D eigenvalue weighted by molar-refractivity contribution is 0.298. The first-order valence-corrected chi connectivity index (χ1v) is 7.39. The van der Waals surface area contributed by atoms with Gasteiger partial charge in [-0.3, -0.25) is 0 Å². The summed E-state index contributed by atoms with van der Waals surface area (Å²) in [6.07, 6.45) is 1.81. The van der Waals surface area contributed by atoms with Crippen molar-refractivity contribution in [2.24, 2.45) is 4.99 Å². The number of thiazole rings is 1. The summed E-state index contributed by atoms with van der Waals surface area (Å²) >= 11 is 1.58. The molecule has 4 nitrogen and oxygen atoms in total. The number of rotatable bonds is 4. The summed E-state index contributed by atoms with van der Waals surface area (Å²) in [4.78, 5) is 10.7. The number of para-hydroxylation sites is 1. The molecule has 21 heavy (non-hydrogen) atoms. The van der Waals surface area contributed by atoms with Gasteiger partial charge in [0.1, 0.15) is 6.73 Å². The number of anilines is 1. The van der Waals surface area contributed by atoms with Crippen molar-refractivity contribution in [2.45, 2.75) is 0 Å². The molecule has 0 aliphatic carbocycles. The van der Waals surface area contributed by atoms with Gasteiger partial charge in [-0.15, -0.1) is 0 Å². The molecule has 0 aliphatic rings. The SMILES string of the molecule is CN(CO)c1ccc(C=Nc2nc3ccccc3s2)cc1. The van der Waals surface area contributed by atoms with Crippen molar-refractivity contribution >= 4 is 38.6 Å². The smallest absolute Gasteiger partial charge is 0.210 e. The van der Waals surface area contributed by atoms with E-state index in [-0.39, 0.29) is 6.73 Å². The third kappa shape index (κ3) is 3.09. The fourth-order valence-corrected chi connectivity index (χ4v) is 2.75. The van der Waals surface area contributed by atoms with Crippen LogP contribution in [-0.2, 0) is 0 Å². The third-order valence-corrected chi connectivity index (χ3v) is 4.10. The van der Waals surface area contributed by atoms with Gasteiger partial charge in [-0.25, -0.2) is 9.98 Å². The predicted octanol–water partition coefficient (Wildman–Crippen LogP) is 3.43. The van der Waals surface area contributed by atoms with E-state index in [9.17, 15) is 0 Å². The Labute approximate surface area is 127 Å². The highest BCUT2D eigenvalue weighted by molar-refractivity contribution is 7.22. The number of aliphatic imine (C=N–C) groups is 1. The summed E-state index contributed by atoms with van der Waals surface area (Å²) in [6.45, 7) is -0.000853. The topological polar surface area (TPSA) is 48.7 Å². The Bertz CT molecular complexity index is 732. The number of fused-ring (bicyclic) bond motifs is 1. The largest absolute Gasteiger partial charge is 0.376 e. The normalized spacial score (nSPS) is 11.3. The molecule has 0 amide bonds. The molecule has 2 aromatic carbocycles. The van der Waals surface area contributed by atoms with Gasteiger partial charge in [0.2, 0.25) is 5.13 Å². The van der Waals surface area contributed by atoms with E-state index in [0.717, 1.165) is 26.6 Å². The summed E-state index contributed by atoms with van der Waals surface area (Å²) < 4.78 is 1.14. The maximum atomic E-state index is 9.07. The summed E-state index contributed by atoms with van der Waals surface area (Å²) in [7, 11) is 1.84. The fraction of sp³-hybridized carbons (Fsp3) is 0.125. The minimum absolute atomic E-state index is 0.000853. The van der Waals surface area contributed by atoms with Crippen LogP contribution in [0.4, 0.5) is 10.8 Å². The highest BCUT2D eigenvalue weighted by atomic mass is 32.1. The summed E-state index contributed by atoms with van der Waals surface area (Å²) in [5.41, 5.74) is 2.95. The number of aliphatic hydroxyl groups is 1. The zero-order chi connectivity index (χ0) is 14.7. The molecule has 106 valence electrons. The van der Waals surface area contributed by atoms with E-state index in [2.05, 4.69) is 9.98 Å². The molecule has 3 aromatic rings. The summed E-state index contributed by atoms with van der Waals surface area (Å²) in [5.74, 6) is 0. The van der Waals surface area contributed by atoms with Crippen LogP contribution in [-0.4, -0.2) is 30.1 Å². The molecule has 0 fully saturated rings. The van der Waals surface area contributed by atoms with E-state index in [0.29, 0.717) is 0 Å². The van der Waals surface area contributed by atoms with Gasteiger partial charge in [0.05, 0.1) is 10.2 Å². The molecule has 0 aliphatic heterocycles. The lowest BCUT2D eigenvalue weighted by Crippen LogP contribution is -2.17. The minimum Gasteiger partial charge on any atom is -0.376 e. The highest BCUT2D eigenvalue weighted by Gasteiger charge is 2.01.